The maximum absolute atomic E-state index is 13.8. The number of rotatable bonds is 6. The molecule has 0 bridgehead atoms. The van der Waals surface area contributed by atoms with Crippen LogP contribution in [0.4, 0.5) is 4.39 Å². The third-order valence-corrected chi connectivity index (χ3v) is 5.05. The van der Waals surface area contributed by atoms with E-state index in [2.05, 4.69) is 15.1 Å². The maximum atomic E-state index is 13.8. The van der Waals surface area contributed by atoms with Gasteiger partial charge in [0.25, 0.3) is 5.89 Å². The maximum Gasteiger partial charge on any atom is 0.276 e. The number of carbonyl (C=O) groups is 1. The molecule has 1 aliphatic heterocycles. The second-order valence-electron chi connectivity index (χ2n) is 6.92. The fraction of sp³-hybridized carbons (Fsp3) is 0.333. The van der Waals surface area contributed by atoms with Crippen molar-refractivity contribution in [3.63, 3.8) is 0 Å². The first-order valence-electron chi connectivity index (χ1n) is 9.47. The van der Waals surface area contributed by atoms with Crippen molar-refractivity contribution in [1.82, 2.24) is 20.0 Å². The van der Waals surface area contributed by atoms with Crippen molar-refractivity contribution in [2.45, 2.75) is 38.1 Å². The van der Waals surface area contributed by atoms with Crippen molar-refractivity contribution in [3.05, 3.63) is 65.9 Å². The molecule has 1 aliphatic rings. The Morgan fingerprint density at radius 1 is 1.21 bits per heavy atom. The van der Waals surface area contributed by atoms with Crippen molar-refractivity contribution in [1.29, 1.82) is 0 Å². The van der Waals surface area contributed by atoms with Gasteiger partial charge in [-0.2, -0.15) is 4.98 Å². The number of halogens is 1. The normalized spacial score (nSPS) is 16.5. The van der Waals surface area contributed by atoms with E-state index < -0.39 is 0 Å². The Kier molecular flexibility index (Phi) is 5.41. The first-order valence-corrected chi connectivity index (χ1v) is 9.47. The predicted molar refractivity (Wildman–Crippen MR) is 101 cm³/mol. The molecule has 4 rings (SSSR count). The summed E-state index contributed by atoms with van der Waals surface area (Å²) in [6, 6.07) is 12.1. The Balaban J connectivity index is 1.36. The largest absolute Gasteiger partial charge is 0.339 e. The van der Waals surface area contributed by atoms with Crippen LogP contribution in [0.3, 0.4) is 0 Å². The summed E-state index contributed by atoms with van der Waals surface area (Å²) < 4.78 is 19.1. The number of likely N-dealkylation sites (tertiary alicyclic amines) is 1. The van der Waals surface area contributed by atoms with Gasteiger partial charge in [-0.15, -0.1) is 0 Å². The van der Waals surface area contributed by atoms with E-state index in [1.807, 2.05) is 23.1 Å². The summed E-state index contributed by atoms with van der Waals surface area (Å²) in [7, 11) is 0. The Hall–Kier alpha value is -3.09. The van der Waals surface area contributed by atoms with Crippen LogP contribution in [-0.2, 0) is 17.6 Å². The zero-order chi connectivity index (χ0) is 19.3. The van der Waals surface area contributed by atoms with Crippen LogP contribution >= 0.6 is 0 Å². The van der Waals surface area contributed by atoms with Gasteiger partial charge < -0.3 is 9.42 Å². The molecule has 28 heavy (non-hydrogen) atoms. The zero-order valence-corrected chi connectivity index (χ0v) is 15.4. The van der Waals surface area contributed by atoms with E-state index in [4.69, 9.17) is 4.52 Å². The molecule has 144 valence electrons. The highest BCUT2D eigenvalue weighted by Crippen LogP contribution is 2.23. The molecule has 1 unspecified atom stereocenters. The smallest absolute Gasteiger partial charge is 0.276 e. The van der Waals surface area contributed by atoms with Crippen LogP contribution in [0, 0.1) is 5.82 Å². The number of benzene rings is 1. The van der Waals surface area contributed by atoms with E-state index in [1.54, 1.807) is 24.4 Å². The second kappa shape index (κ2) is 8.29. The predicted octanol–water partition coefficient (Wildman–Crippen LogP) is 3.44. The van der Waals surface area contributed by atoms with E-state index in [-0.39, 0.29) is 24.2 Å². The summed E-state index contributed by atoms with van der Waals surface area (Å²) in [6.07, 6.45) is 5.04. The van der Waals surface area contributed by atoms with Gasteiger partial charge in [-0.05, 0) is 43.0 Å². The highest BCUT2D eigenvalue weighted by atomic mass is 19.1. The van der Waals surface area contributed by atoms with E-state index in [0.29, 0.717) is 35.9 Å². The molecule has 0 spiro atoms. The Morgan fingerprint density at radius 2 is 2.07 bits per heavy atom. The average Bonchev–Trinajstić information content (AvgIpc) is 3.38. The van der Waals surface area contributed by atoms with Crippen LogP contribution in [0.1, 0.15) is 30.7 Å². The highest BCUT2D eigenvalue weighted by Gasteiger charge is 2.29. The molecular formula is C21H21FN4O2. The fourth-order valence-corrected chi connectivity index (χ4v) is 3.61. The molecule has 1 aromatic carbocycles. The van der Waals surface area contributed by atoms with Gasteiger partial charge >= 0.3 is 0 Å². The third kappa shape index (κ3) is 4.08. The van der Waals surface area contributed by atoms with E-state index in [9.17, 15) is 9.18 Å². The quantitative estimate of drug-likeness (QED) is 0.655. The standard InChI is InChI=1S/C21H21FN4O2/c22-17-8-2-1-6-15(17)14-20(27)26-13-5-7-16(26)10-11-19-24-21(28-25-19)18-9-3-4-12-23-18/h1-4,6,8-9,12,16H,5,7,10-11,13-14H2. The van der Waals surface area contributed by atoms with Crippen LogP contribution in [-0.4, -0.2) is 38.5 Å². The summed E-state index contributed by atoms with van der Waals surface area (Å²) >= 11 is 0. The number of nitrogens with zero attached hydrogens (tertiary/aromatic N) is 4. The van der Waals surface area contributed by atoms with Gasteiger partial charge in [-0.3, -0.25) is 9.78 Å². The van der Waals surface area contributed by atoms with Crippen LogP contribution in [0.5, 0.6) is 0 Å². The van der Waals surface area contributed by atoms with Gasteiger partial charge in [-0.25, -0.2) is 4.39 Å². The van der Waals surface area contributed by atoms with Gasteiger partial charge in [0.15, 0.2) is 5.82 Å². The van der Waals surface area contributed by atoms with E-state index in [1.165, 1.54) is 6.07 Å². The number of aryl methyl sites for hydroxylation is 1. The molecule has 1 saturated heterocycles. The number of pyridine rings is 1. The van der Waals surface area contributed by atoms with Gasteiger partial charge in [-0.1, -0.05) is 29.4 Å². The van der Waals surface area contributed by atoms with Gasteiger partial charge in [0.2, 0.25) is 5.91 Å². The lowest BCUT2D eigenvalue weighted by Crippen LogP contribution is -2.37. The SMILES string of the molecule is O=C(Cc1ccccc1F)N1CCCC1CCc1noc(-c2ccccn2)n1. The molecule has 6 nitrogen and oxygen atoms in total. The molecule has 1 atom stereocenters. The molecule has 0 aliphatic carbocycles. The lowest BCUT2D eigenvalue weighted by molar-refractivity contribution is -0.131. The minimum absolute atomic E-state index is 0.0325. The highest BCUT2D eigenvalue weighted by molar-refractivity contribution is 5.79. The van der Waals surface area contributed by atoms with E-state index >= 15 is 0 Å². The molecule has 0 saturated carbocycles. The Labute approximate surface area is 162 Å². The number of amides is 1. The van der Waals surface area contributed by atoms with Crippen LogP contribution in [0.25, 0.3) is 11.6 Å². The summed E-state index contributed by atoms with van der Waals surface area (Å²) in [4.78, 5) is 23.1. The van der Waals surface area contributed by atoms with Crippen molar-refractivity contribution in [2.75, 3.05) is 6.54 Å². The molecular weight excluding hydrogens is 359 g/mol. The van der Waals surface area contributed by atoms with Crippen molar-refractivity contribution >= 4 is 5.91 Å². The summed E-state index contributed by atoms with van der Waals surface area (Å²) in [5, 5.41) is 4.02. The van der Waals surface area contributed by atoms with Crippen LogP contribution < -0.4 is 0 Å². The zero-order valence-electron chi connectivity index (χ0n) is 15.4. The first-order chi connectivity index (χ1) is 13.7. The van der Waals surface area contributed by atoms with Crippen molar-refractivity contribution in [3.8, 4) is 11.6 Å². The average molecular weight is 380 g/mol. The molecule has 1 amide bonds. The lowest BCUT2D eigenvalue weighted by atomic mass is 10.1. The molecule has 3 aromatic rings. The lowest BCUT2D eigenvalue weighted by Gasteiger charge is -2.24. The molecule has 0 N–H and O–H groups in total. The monoisotopic (exact) mass is 380 g/mol. The molecule has 2 aromatic heterocycles. The first kappa shape index (κ1) is 18.3. The minimum Gasteiger partial charge on any atom is -0.339 e. The third-order valence-electron chi connectivity index (χ3n) is 5.05. The Bertz CT molecular complexity index is 944. The van der Waals surface area contributed by atoms with Gasteiger partial charge in [0, 0.05) is 25.2 Å². The number of hydrogen-bond donors (Lipinski definition) is 0. The van der Waals surface area contributed by atoms with Gasteiger partial charge in [0.1, 0.15) is 11.5 Å². The summed E-state index contributed by atoms with van der Waals surface area (Å²) in [5.74, 6) is 0.638. The molecule has 1 fully saturated rings. The summed E-state index contributed by atoms with van der Waals surface area (Å²) in [6.45, 7) is 0.712. The van der Waals surface area contributed by atoms with Crippen LogP contribution in [0.2, 0.25) is 0 Å². The van der Waals surface area contributed by atoms with Crippen molar-refractivity contribution < 1.29 is 13.7 Å². The molecule has 0 radical (unpaired) electrons. The number of aromatic nitrogens is 3. The number of carbonyl (C=O) groups excluding carboxylic acids is 1. The van der Waals surface area contributed by atoms with E-state index in [0.717, 1.165) is 19.3 Å². The van der Waals surface area contributed by atoms with Crippen LogP contribution in [0.15, 0.2) is 53.2 Å². The second-order valence-corrected chi connectivity index (χ2v) is 6.92. The van der Waals surface area contributed by atoms with Gasteiger partial charge in [0.05, 0.1) is 6.42 Å². The molecule has 3 heterocycles. The van der Waals surface area contributed by atoms with Crippen molar-refractivity contribution in [2.24, 2.45) is 0 Å². The Morgan fingerprint density at radius 3 is 2.89 bits per heavy atom. The fourth-order valence-electron chi connectivity index (χ4n) is 3.61. The number of hydrogen-bond acceptors (Lipinski definition) is 5. The topological polar surface area (TPSA) is 72.1 Å². The minimum atomic E-state index is -0.333. The molecule has 7 heteroatoms. The summed E-state index contributed by atoms with van der Waals surface area (Å²) in [5.41, 5.74) is 1.08.